The predicted molar refractivity (Wildman–Crippen MR) is 201 cm³/mol. The third kappa shape index (κ3) is 12.1. The second kappa shape index (κ2) is 21.8. The van der Waals surface area contributed by atoms with Gasteiger partial charge in [0.1, 0.15) is 18.5 Å². The molecule has 2 unspecified atom stereocenters. The third-order valence-electron chi connectivity index (χ3n) is 10.0. The number of carbonyl (C=O) groups is 1. The maximum absolute atomic E-state index is 13.9. The number of amides is 1. The van der Waals surface area contributed by atoms with Crippen molar-refractivity contribution < 1.29 is 43.1 Å². The summed E-state index contributed by atoms with van der Waals surface area (Å²) in [5, 5.41) is 10.6. The average Bonchev–Trinajstić information content (AvgIpc) is 3.15. The lowest BCUT2D eigenvalue weighted by Crippen LogP contribution is -2.58. The Kier molecular flexibility index (Phi) is 17.6. The predicted octanol–water partition coefficient (Wildman–Crippen LogP) is 4.00. The number of fused-ring (bicyclic) bond motifs is 1. The summed E-state index contributed by atoms with van der Waals surface area (Å²) in [6.07, 6.45) is -0.000222. The van der Waals surface area contributed by atoms with Crippen LogP contribution in [-0.4, -0.2) is 127 Å². The van der Waals surface area contributed by atoms with E-state index in [0.717, 1.165) is 54.1 Å². The van der Waals surface area contributed by atoms with Crippen molar-refractivity contribution in [3.63, 3.8) is 0 Å². The smallest absolute Gasteiger partial charge is 0.239 e. The third-order valence-corrected chi connectivity index (χ3v) is 10.0. The Morgan fingerprint density at radius 1 is 0.923 bits per heavy atom. The minimum atomic E-state index is -0.817. The molecule has 0 radical (unpaired) electrons. The molecule has 12 nitrogen and oxygen atoms in total. The summed E-state index contributed by atoms with van der Waals surface area (Å²) in [6, 6.07) is 13.9. The number of hydrogen-bond acceptors (Lipinski definition) is 11. The van der Waals surface area contributed by atoms with Crippen LogP contribution in [0.3, 0.4) is 0 Å². The summed E-state index contributed by atoms with van der Waals surface area (Å²) in [7, 11) is 4.96. The van der Waals surface area contributed by atoms with Gasteiger partial charge in [-0.05, 0) is 41.2 Å². The zero-order chi connectivity index (χ0) is 37.5. The lowest BCUT2D eigenvalue weighted by atomic mass is 9.83. The van der Waals surface area contributed by atoms with Crippen LogP contribution in [0, 0.1) is 11.8 Å². The van der Waals surface area contributed by atoms with Crippen molar-refractivity contribution >= 4 is 11.6 Å². The maximum atomic E-state index is 13.9. The van der Waals surface area contributed by atoms with E-state index in [0.29, 0.717) is 58.6 Å². The first-order valence-corrected chi connectivity index (χ1v) is 18.8. The number of carbonyl (C=O) groups excluding carboxylic acids is 1. The SMILES string of the molecule is CC[C@H](C)[C@H](N)C(=O)N1C[C@H](OCc2ccc3c(c2)N(CCCOC)CCO3)[C@@H](c2ccc(COCC(C)COC)cc2)[C@H](OCC(O)COC)C1. The van der Waals surface area contributed by atoms with E-state index in [1.165, 1.54) is 0 Å². The minimum Gasteiger partial charge on any atom is -0.490 e. The lowest BCUT2D eigenvalue weighted by molar-refractivity contribution is -0.150. The monoisotopic (exact) mass is 729 g/mol. The van der Waals surface area contributed by atoms with Gasteiger partial charge in [-0.2, -0.15) is 0 Å². The zero-order valence-electron chi connectivity index (χ0n) is 32.2. The Labute approximate surface area is 310 Å². The molecule has 1 saturated heterocycles. The summed E-state index contributed by atoms with van der Waals surface area (Å²) in [6.45, 7) is 12.1. The molecular formula is C40H63N3O9. The summed E-state index contributed by atoms with van der Waals surface area (Å²) >= 11 is 0. The fourth-order valence-corrected chi connectivity index (χ4v) is 6.87. The number of aliphatic hydroxyl groups is 1. The van der Waals surface area contributed by atoms with Gasteiger partial charge in [-0.1, -0.05) is 57.5 Å². The van der Waals surface area contributed by atoms with E-state index >= 15 is 0 Å². The topological polar surface area (TPSA) is 134 Å². The van der Waals surface area contributed by atoms with Crippen molar-refractivity contribution in [3.8, 4) is 5.75 Å². The van der Waals surface area contributed by atoms with Crippen LogP contribution >= 0.6 is 0 Å². The molecule has 0 bridgehead atoms. The number of aliphatic hydroxyl groups excluding tert-OH is 1. The zero-order valence-corrected chi connectivity index (χ0v) is 32.2. The summed E-state index contributed by atoms with van der Waals surface area (Å²) in [5.41, 5.74) is 10.6. The van der Waals surface area contributed by atoms with Crippen LogP contribution in [0.1, 0.15) is 56.2 Å². The van der Waals surface area contributed by atoms with E-state index in [-0.39, 0.29) is 31.0 Å². The van der Waals surface area contributed by atoms with Crippen molar-refractivity contribution in [3.05, 3.63) is 59.2 Å². The Balaban J connectivity index is 1.61. The summed E-state index contributed by atoms with van der Waals surface area (Å²) in [5.74, 6) is 0.821. The van der Waals surface area contributed by atoms with Gasteiger partial charge >= 0.3 is 0 Å². The number of nitrogens with zero attached hydrogens (tertiary/aromatic N) is 2. The number of likely N-dealkylation sites (tertiary alicyclic amines) is 1. The maximum Gasteiger partial charge on any atom is 0.239 e. The molecule has 2 aliphatic heterocycles. The van der Waals surface area contributed by atoms with Crippen LogP contribution in [-0.2, 0) is 46.4 Å². The van der Waals surface area contributed by atoms with Gasteiger partial charge in [0.05, 0.1) is 70.1 Å². The number of anilines is 1. The van der Waals surface area contributed by atoms with E-state index in [1.54, 1.807) is 26.2 Å². The van der Waals surface area contributed by atoms with Crippen LogP contribution in [0.25, 0.3) is 0 Å². The van der Waals surface area contributed by atoms with E-state index in [2.05, 4.69) is 42.2 Å². The van der Waals surface area contributed by atoms with Gasteiger partial charge in [-0.3, -0.25) is 4.79 Å². The fraction of sp³-hybridized carbons (Fsp3) is 0.675. The molecule has 4 rings (SSSR count). The molecule has 0 aliphatic carbocycles. The highest BCUT2D eigenvalue weighted by molar-refractivity contribution is 5.82. The Morgan fingerprint density at radius 3 is 2.33 bits per heavy atom. The molecule has 0 saturated carbocycles. The molecule has 292 valence electrons. The van der Waals surface area contributed by atoms with Gasteiger partial charge in [0.15, 0.2) is 0 Å². The molecule has 2 heterocycles. The fourth-order valence-electron chi connectivity index (χ4n) is 6.87. The molecule has 2 aromatic rings. The van der Waals surface area contributed by atoms with Gasteiger partial charge in [-0.25, -0.2) is 0 Å². The molecule has 7 atom stereocenters. The van der Waals surface area contributed by atoms with Crippen LogP contribution in [0.5, 0.6) is 5.75 Å². The molecule has 0 spiro atoms. The number of benzene rings is 2. The van der Waals surface area contributed by atoms with Gasteiger partial charge < -0.3 is 53.8 Å². The Hall–Kier alpha value is -2.81. The normalized spacial score (nSPS) is 21.3. The van der Waals surface area contributed by atoms with Crippen LogP contribution in [0.4, 0.5) is 5.69 Å². The summed E-state index contributed by atoms with van der Waals surface area (Å²) in [4.78, 5) is 18.0. The van der Waals surface area contributed by atoms with E-state index in [4.69, 9.17) is 38.9 Å². The highest BCUT2D eigenvalue weighted by Crippen LogP contribution is 2.36. The van der Waals surface area contributed by atoms with Crippen molar-refractivity contribution in [1.82, 2.24) is 4.90 Å². The van der Waals surface area contributed by atoms with E-state index in [1.807, 2.05) is 26.0 Å². The van der Waals surface area contributed by atoms with E-state index < -0.39 is 24.4 Å². The van der Waals surface area contributed by atoms with Crippen molar-refractivity contribution in [2.45, 2.75) is 77.1 Å². The molecule has 2 aliphatic rings. The quantitative estimate of drug-likeness (QED) is 0.171. The number of piperidine rings is 1. The van der Waals surface area contributed by atoms with E-state index in [9.17, 15) is 9.90 Å². The first kappa shape index (κ1) is 41.9. The molecule has 1 amide bonds. The van der Waals surface area contributed by atoms with Gasteiger partial charge in [0.2, 0.25) is 5.91 Å². The molecule has 52 heavy (non-hydrogen) atoms. The molecule has 0 aromatic heterocycles. The second-order valence-electron chi connectivity index (χ2n) is 14.3. The van der Waals surface area contributed by atoms with Crippen molar-refractivity contribution in [2.75, 3.05) is 92.0 Å². The first-order chi connectivity index (χ1) is 25.2. The molecule has 3 N–H and O–H groups in total. The largest absolute Gasteiger partial charge is 0.490 e. The summed E-state index contributed by atoms with van der Waals surface area (Å²) < 4.78 is 40.9. The van der Waals surface area contributed by atoms with Gasteiger partial charge in [-0.15, -0.1) is 0 Å². The number of ether oxygens (including phenoxy) is 7. The number of hydrogen-bond donors (Lipinski definition) is 2. The molecule has 12 heteroatoms. The number of nitrogens with two attached hydrogens (primary N) is 1. The number of rotatable bonds is 22. The van der Waals surface area contributed by atoms with Gasteiger partial charge in [0, 0.05) is 59.4 Å². The van der Waals surface area contributed by atoms with Crippen LogP contribution < -0.4 is 15.4 Å². The average molecular weight is 730 g/mol. The van der Waals surface area contributed by atoms with Crippen molar-refractivity contribution in [2.24, 2.45) is 17.6 Å². The molecule has 1 fully saturated rings. The van der Waals surface area contributed by atoms with Gasteiger partial charge in [0.25, 0.3) is 0 Å². The Morgan fingerprint density at radius 2 is 1.63 bits per heavy atom. The first-order valence-electron chi connectivity index (χ1n) is 18.8. The highest BCUT2D eigenvalue weighted by Gasteiger charge is 2.42. The second-order valence-corrected chi connectivity index (χ2v) is 14.3. The van der Waals surface area contributed by atoms with Crippen LogP contribution in [0.15, 0.2) is 42.5 Å². The molecule has 2 aromatic carbocycles. The molecular weight excluding hydrogens is 666 g/mol. The van der Waals surface area contributed by atoms with Crippen LogP contribution in [0.2, 0.25) is 0 Å². The lowest BCUT2D eigenvalue weighted by Gasteiger charge is -2.45. The highest BCUT2D eigenvalue weighted by atomic mass is 16.5. The number of methoxy groups -OCH3 is 3. The Bertz CT molecular complexity index is 1330. The standard InChI is InChI=1S/C40H63N3O9/c1-7-29(3)39(41)40(45)43-20-36(51-25-31-11-14-35-34(19-31)42(16-18-50-35)15-8-17-46-4)38(37(21-43)52-27-33(44)26-48-6)32-12-9-30(10-13-32)24-49-23-28(2)22-47-5/h9-14,19,28-29,33,36-39,44H,7-8,15-18,20-27,41H2,1-6H3/t28?,29-,33?,36-,37+,38+,39-/m0/s1. The minimum absolute atomic E-state index is 0.0179. The van der Waals surface area contributed by atoms with Crippen molar-refractivity contribution in [1.29, 1.82) is 0 Å².